The Morgan fingerprint density at radius 1 is 0.833 bits per heavy atom. The van der Waals surface area contributed by atoms with E-state index in [1.165, 1.54) is 0 Å². The van der Waals surface area contributed by atoms with Gasteiger partial charge in [-0.25, -0.2) is 0 Å². The molecule has 1 fully saturated rings. The first-order chi connectivity index (χ1) is 14.5. The Labute approximate surface area is 177 Å². The summed E-state index contributed by atoms with van der Waals surface area (Å²) in [6.45, 7) is 1.37. The zero-order valence-electron chi connectivity index (χ0n) is 17.9. The summed E-state index contributed by atoms with van der Waals surface area (Å²) in [5.74, 6) is 1.62. The van der Waals surface area contributed by atoms with Gasteiger partial charge in [0.25, 0.3) is 0 Å². The van der Waals surface area contributed by atoms with Crippen LogP contribution in [0.2, 0.25) is 0 Å². The second-order valence-electron chi connectivity index (χ2n) is 7.28. The van der Waals surface area contributed by atoms with Gasteiger partial charge < -0.3 is 24.1 Å². The van der Waals surface area contributed by atoms with Crippen LogP contribution >= 0.6 is 0 Å². The predicted octanol–water partition coefficient (Wildman–Crippen LogP) is 3.61. The third-order valence-corrected chi connectivity index (χ3v) is 5.69. The van der Waals surface area contributed by atoms with E-state index in [0.29, 0.717) is 48.9 Å². The fourth-order valence-electron chi connectivity index (χ4n) is 4.06. The number of aliphatic carboxylic acids is 1. The van der Waals surface area contributed by atoms with Gasteiger partial charge in [-0.2, -0.15) is 0 Å². The van der Waals surface area contributed by atoms with Gasteiger partial charge in [-0.15, -0.1) is 0 Å². The van der Waals surface area contributed by atoms with Gasteiger partial charge in [0.1, 0.15) is 0 Å². The molecule has 0 saturated carbocycles. The highest BCUT2D eigenvalue weighted by molar-refractivity contribution is 5.70. The van der Waals surface area contributed by atoms with Crippen LogP contribution in [0, 0.1) is 5.92 Å². The molecule has 3 rings (SSSR count). The normalized spacial score (nSPS) is 15.1. The minimum Gasteiger partial charge on any atom is -0.493 e. The third-order valence-electron chi connectivity index (χ3n) is 5.69. The lowest BCUT2D eigenvalue weighted by Crippen LogP contribution is -2.39. The fraction of sp³-hybridized carbons (Fsp3) is 0.435. The first-order valence-electron chi connectivity index (χ1n) is 9.93. The monoisotopic (exact) mass is 415 g/mol. The molecule has 0 spiro atoms. The number of likely N-dealkylation sites (tertiary alicyclic amines) is 1. The van der Waals surface area contributed by atoms with E-state index in [4.69, 9.17) is 18.9 Å². The summed E-state index contributed by atoms with van der Waals surface area (Å²) in [4.78, 5) is 13.7. The summed E-state index contributed by atoms with van der Waals surface area (Å²) < 4.78 is 21.8. The molecule has 30 heavy (non-hydrogen) atoms. The molecule has 0 unspecified atom stereocenters. The standard InChI is InChI=1S/C23H29NO6/c1-27-18-7-5-16(13-20(18)29-3)22(24-11-9-15(10-12-24)23(25)26)17-6-8-19(28-2)21(14-17)30-4/h5-8,13-15,22H,9-12H2,1-4H3,(H,25,26). The van der Waals surface area contributed by atoms with Crippen molar-refractivity contribution in [2.45, 2.75) is 18.9 Å². The number of benzene rings is 2. The van der Waals surface area contributed by atoms with E-state index in [-0.39, 0.29) is 12.0 Å². The van der Waals surface area contributed by atoms with Gasteiger partial charge in [-0.3, -0.25) is 9.69 Å². The number of carbonyl (C=O) groups is 1. The van der Waals surface area contributed by atoms with Gasteiger partial charge in [-0.05, 0) is 61.3 Å². The van der Waals surface area contributed by atoms with E-state index in [1.807, 2.05) is 36.4 Å². The molecule has 0 aromatic heterocycles. The summed E-state index contributed by atoms with van der Waals surface area (Å²) in [7, 11) is 6.46. The van der Waals surface area contributed by atoms with E-state index < -0.39 is 5.97 Å². The van der Waals surface area contributed by atoms with Gasteiger partial charge in [0.05, 0.1) is 40.4 Å². The zero-order chi connectivity index (χ0) is 21.7. The SMILES string of the molecule is COc1ccc(C(c2ccc(OC)c(OC)c2)N2CCC(C(=O)O)CC2)cc1OC. The first kappa shape index (κ1) is 21.8. The van der Waals surface area contributed by atoms with Gasteiger partial charge in [0.2, 0.25) is 0 Å². The Hall–Kier alpha value is -2.93. The fourth-order valence-corrected chi connectivity index (χ4v) is 4.06. The number of carboxylic acids is 1. The van der Waals surface area contributed by atoms with Crippen molar-refractivity contribution in [1.82, 2.24) is 4.90 Å². The number of hydrogen-bond donors (Lipinski definition) is 1. The number of piperidine rings is 1. The lowest BCUT2D eigenvalue weighted by atomic mass is 9.91. The van der Waals surface area contributed by atoms with Gasteiger partial charge in [0, 0.05) is 0 Å². The molecule has 1 aliphatic heterocycles. The molecular formula is C23H29NO6. The quantitative estimate of drug-likeness (QED) is 0.706. The molecule has 7 nitrogen and oxygen atoms in total. The molecule has 2 aromatic carbocycles. The van der Waals surface area contributed by atoms with Gasteiger partial charge >= 0.3 is 5.97 Å². The highest BCUT2D eigenvalue weighted by Gasteiger charge is 2.31. The first-order valence-corrected chi connectivity index (χ1v) is 9.93. The second kappa shape index (κ2) is 9.71. The molecular weight excluding hydrogens is 386 g/mol. The van der Waals surface area contributed by atoms with E-state index in [9.17, 15) is 9.90 Å². The molecule has 1 aliphatic rings. The van der Waals surface area contributed by atoms with E-state index in [0.717, 1.165) is 11.1 Å². The van der Waals surface area contributed by atoms with Crippen LogP contribution in [0.5, 0.6) is 23.0 Å². The van der Waals surface area contributed by atoms with E-state index in [1.54, 1.807) is 28.4 Å². The molecule has 7 heteroatoms. The van der Waals surface area contributed by atoms with Crippen LogP contribution in [0.15, 0.2) is 36.4 Å². The van der Waals surface area contributed by atoms with Crippen molar-refractivity contribution in [1.29, 1.82) is 0 Å². The van der Waals surface area contributed by atoms with Crippen LogP contribution in [0.1, 0.15) is 30.0 Å². The van der Waals surface area contributed by atoms with Gasteiger partial charge in [-0.1, -0.05) is 12.1 Å². The lowest BCUT2D eigenvalue weighted by Gasteiger charge is -2.37. The molecule has 1 heterocycles. The Balaban J connectivity index is 2.03. The van der Waals surface area contributed by atoms with E-state index >= 15 is 0 Å². The smallest absolute Gasteiger partial charge is 0.306 e. The second-order valence-corrected chi connectivity index (χ2v) is 7.28. The molecule has 0 atom stereocenters. The zero-order valence-corrected chi connectivity index (χ0v) is 17.9. The molecule has 0 amide bonds. The number of rotatable bonds is 8. The maximum absolute atomic E-state index is 11.4. The minimum atomic E-state index is -0.719. The molecule has 0 bridgehead atoms. The molecule has 1 N–H and O–H groups in total. The molecule has 0 aliphatic carbocycles. The van der Waals surface area contributed by atoms with Gasteiger partial charge in [0.15, 0.2) is 23.0 Å². The molecule has 0 radical (unpaired) electrons. The van der Waals surface area contributed by atoms with Crippen molar-refractivity contribution in [2.24, 2.45) is 5.92 Å². The maximum atomic E-state index is 11.4. The van der Waals surface area contributed by atoms with E-state index in [2.05, 4.69) is 4.90 Å². The minimum absolute atomic E-state index is 0.0839. The van der Waals surface area contributed by atoms with Crippen LogP contribution in [-0.2, 0) is 4.79 Å². The van der Waals surface area contributed by atoms with Crippen LogP contribution in [0.3, 0.4) is 0 Å². The van der Waals surface area contributed by atoms with Crippen molar-refractivity contribution in [2.75, 3.05) is 41.5 Å². The third kappa shape index (κ3) is 4.46. The van der Waals surface area contributed by atoms with Crippen molar-refractivity contribution in [3.63, 3.8) is 0 Å². The topological polar surface area (TPSA) is 77.5 Å². The molecule has 162 valence electrons. The summed E-state index contributed by atoms with van der Waals surface area (Å²) in [5.41, 5.74) is 2.07. The summed E-state index contributed by atoms with van der Waals surface area (Å²) in [5, 5.41) is 9.37. The average Bonchev–Trinajstić information content (AvgIpc) is 2.79. The predicted molar refractivity (Wildman–Crippen MR) is 113 cm³/mol. The van der Waals surface area contributed by atoms with Crippen LogP contribution in [0.4, 0.5) is 0 Å². The summed E-state index contributed by atoms with van der Waals surface area (Å²) in [6, 6.07) is 11.7. The Bertz CT molecular complexity index is 820. The molecule has 2 aromatic rings. The van der Waals surface area contributed by atoms with Crippen LogP contribution in [-0.4, -0.2) is 57.5 Å². The maximum Gasteiger partial charge on any atom is 0.306 e. The number of ether oxygens (including phenoxy) is 4. The Kier molecular flexibility index (Phi) is 7.05. The summed E-state index contributed by atoms with van der Waals surface area (Å²) >= 11 is 0. The van der Waals surface area contributed by atoms with Crippen LogP contribution in [0.25, 0.3) is 0 Å². The lowest BCUT2D eigenvalue weighted by molar-refractivity contribution is -0.143. The van der Waals surface area contributed by atoms with Crippen molar-refractivity contribution >= 4 is 5.97 Å². The number of carboxylic acid groups (broad SMARTS) is 1. The highest BCUT2D eigenvalue weighted by atomic mass is 16.5. The van der Waals surface area contributed by atoms with Crippen molar-refractivity contribution < 1.29 is 28.8 Å². The Morgan fingerprint density at radius 3 is 1.63 bits per heavy atom. The Morgan fingerprint density at radius 2 is 1.27 bits per heavy atom. The average molecular weight is 415 g/mol. The van der Waals surface area contributed by atoms with Crippen molar-refractivity contribution in [3.05, 3.63) is 47.5 Å². The highest BCUT2D eigenvalue weighted by Crippen LogP contribution is 2.39. The number of hydrogen-bond acceptors (Lipinski definition) is 6. The largest absolute Gasteiger partial charge is 0.493 e. The van der Waals surface area contributed by atoms with Crippen LogP contribution < -0.4 is 18.9 Å². The van der Waals surface area contributed by atoms with Crippen molar-refractivity contribution in [3.8, 4) is 23.0 Å². The number of nitrogens with zero attached hydrogens (tertiary/aromatic N) is 1. The number of methoxy groups -OCH3 is 4. The summed E-state index contributed by atoms with van der Waals surface area (Å²) in [6.07, 6.45) is 1.23. The molecule has 1 saturated heterocycles.